The average molecular weight is 405 g/mol. The zero-order valence-electron chi connectivity index (χ0n) is 13.1. The third kappa shape index (κ3) is 4.85. The average Bonchev–Trinajstić information content (AvgIpc) is 2.42. The lowest BCUT2D eigenvalue weighted by Crippen LogP contribution is -2.28. The van der Waals surface area contributed by atoms with E-state index in [1.165, 1.54) is 45.8 Å². The van der Waals surface area contributed by atoms with Gasteiger partial charge in [-0.25, -0.2) is 0 Å². The molecule has 0 heterocycles. The van der Waals surface area contributed by atoms with Crippen LogP contribution in [0.4, 0.5) is 0 Å². The van der Waals surface area contributed by atoms with E-state index < -0.39 is 0 Å². The fourth-order valence-corrected chi connectivity index (χ4v) is 3.79. The first kappa shape index (κ1) is 18.2. The molecule has 3 heteroatoms. The first-order valence-electron chi connectivity index (χ1n) is 7.73. The molecule has 0 fully saturated rings. The van der Waals surface area contributed by atoms with Gasteiger partial charge < -0.3 is 5.32 Å². The highest BCUT2D eigenvalue weighted by atomic mass is 79.9. The molecule has 0 saturated heterocycles. The van der Waals surface area contributed by atoms with Crippen molar-refractivity contribution >= 4 is 31.9 Å². The lowest BCUT2D eigenvalue weighted by Gasteiger charge is -2.29. The van der Waals surface area contributed by atoms with Crippen LogP contribution in [0, 0.1) is 12.8 Å². The summed E-state index contributed by atoms with van der Waals surface area (Å²) >= 11 is 7.43. The van der Waals surface area contributed by atoms with Crippen LogP contribution in [0.2, 0.25) is 0 Å². The largest absolute Gasteiger partial charge is 0.310 e. The summed E-state index contributed by atoms with van der Waals surface area (Å²) in [5.41, 5.74) is 2.66. The van der Waals surface area contributed by atoms with E-state index in [0.717, 1.165) is 6.54 Å². The molecular formula is C17H27Br2N. The van der Waals surface area contributed by atoms with Crippen LogP contribution in [-0.4, -0.2) is 6.54 Å². The topological polar surface area (TPSA) is 12.0 Å². The minimum Gasteiger partial charge on any atom is -0.310 e. The number of halogens is 2. The van der Waals surface area contributed by atoms with E-state index in [1.54, 1.807) is 0 Å². The molecule has 0 aliphatic rings. The molecule has 2 atom stereocenters. The third-order valence-corrected chi connectivity index (χ3v) is 5.50. The lowest BCUT2D eigenvalue weighted by molar-refractivity contribution is 0.327. The number of nitrogens with one attached hydrogen (secondary N) is 1. The van der Waals surface area contributed by atoms with Crippen molar-refractivity contribution in [2.24, 2.45) is 5.92 Å². The molecule has 0 radical (unpaired) electrons. The molecule has 0 aliphatic carbocycles. The van der Waals surface area contributed by atoms with E-state index in [0.29, 0.717) is 12.0 Å². The molecule has 0 spiro atoms. The summed E-state index contributed by atoms with van der Waals surface area (Å²) in [5, 5.41) is 3.70. The van der Waals surface area contributed by atoms with E-state index in [4.69, 9.17) is 0 Å². The Labute approximate surface area is 141 Å². The number of rotatable bonds is 8. The van der Waals surface area contributed by atoms with Gasteiger partial charge in [0.2, 0.25) is 0 Å². The first-order chi connectivity index (χ1) is 9.54. The molecule has 1 aromatic rings. The zero-order valence-corrected chi connectivity index (χ0v) is 16.3. The van der Waals surface area contributed by atoms with Crippen molar-refractivity contribution in [3.05, 3.63) is 32.2 Å². The second kappa shape index (κ2) is 9.22. The van der Waals surface area contributed by atoms with Crippen molar-refractivity contribution in [2.45, 2.75) is 59.4 Å². The van der Waals surface area contributed by atoms with Gasteiger partial charge in [-0.3, -0.25) is 0 Å². The SMILES string of the molecule is CCCCC(CC)C(NCC)c1cc(Br)c(C)cc1Br. The van der Waals surface area contributed by atoms with Crippen molar-refractivity contribution in [1.29, 1.82) is 0 Å². The van der Waals surface area contributed by atoms with E-state index in [9.17, 15) is 0 Å². The van der Waals surface area contributed by atoms with Crippen molar-refractivity contribution in [1.82, 2.24) is 5.32 Å². The Kier molecular flexibility index (Phi) is 8.38. The molecule has 0 bridgehead atoms. The van der Waals surface area contributed by atoms with E-state index >= 15 is 0 Å². The van der Waals surface area contributed by atoms with E-state index in [1.807, 2.05) is 0 Å². The molecular weight excluding hydrogens is 378 g/mol. The fraction of sp³-hybridized carbons (Fsp3) is 0.647. The lowest BCUT2D eigenvalue weighted by atomic mass is 9.86. The molecule has 0 saturated carbocycles. The summed E-state index contributed by atoms with van der Waals surface area (Å²) in [6.07, 6.45) is 5.09. The fourth-order valence-electron chi connectivity index (χ4n) is 2.72. The highest BCUT2D eigenvalue weighted by Crippen LogP contribution is 2.36. The summed E-state index contributed by atoms with van der Waals surface area (Å²) in [5.74, 6) is 0.695. The second-order valence-electron chi connectivity index (χ2n) is 5.47. The minimum absolute atomic E-state index is 0.433. The van der Waals surface area contributed by atoms with Crippen molar-refractivity contribution in [2.75, 3.05) is 6.54 Å². The van der Waals surface area contributed by atoms with Gasteiger partial charge in [-0.15, -0.1) is 0 Å². The van der Waals surface area contributed by atoms with Crippen LogP contribution in [-0.2, 0) is 0 Å². The Morgan fingerprint density at radius 2 is 1.80 bits per heavy atom. The Hall–Kier alpha value is 0.140. The second-order valence-corrected chi connectivity index (χ2v) is 7.18. The Morgan fingerprint density at radius 3 is 2.35 bits per heavy atom. The normalized spacial score (nSPS) is 14.3. The van der Waals surface area contributed by atoms with Crippen LogP contribution in [0.3, 0.4) is 0 Å². The van der Waals surface area contributed by atoms with Gasteiger partial charge in [-0.2, -0.15) is 0 Å². The molecule has 1 nitrogen and oxygen atoms in total. The summed E-state index contributed by atoms with van der Waals surface area (Å²) in [7, 11) is 0. The van der Waals surface area contributed by atoms with Crippen LogP contribution in [0.1, 0.15) is 63.6 Å². The van der Waals surface area contributed by atoms with Crippen molar-refractivity contribution < 1.29 is 0 Å². The van der Waals surface area contributed by atoms with Gasteiger partial charge in [-0.05, 0) is 49.1 Å². The van der Waals surface area contributed by atoms with E-state index in [-0.39, 0.29) is 0 Å². The number of aryl methyl sites for hydroxylation is 1. The summed E-state index contributed by atoms with van der Waals surface area (Å²) in [6, 6.07) is 4.93. The monoisotopic (exact) mass is 403 g/mol. The van der Waals surface area contributed by atoms with E-state index in [2.05, 4.69) is 77.0 Å². The van der Waals surface area contributed by atoms with Gasteiger partial charge in [0, 0.05) is 15.0 Å². The zero-order chi connectivity index (χ0) is 15.1. The molecule has 0 aliphatic heterocycles. The van der Waals surface area contributed by atoms with Gasteiger partial charge >= 0.3 is 0 Å². The maximum Gasteiger partial charge on any atom is 0.0360 e. The molecule has 2 unspecified atom stereocenters. The Balaban J connectivity index is 3.08. The van der Waals surface area contributed by atoms with Crippen molar-refractivity contribution in [3.63, 3.8) is 0 Å². The van der Waals surface area contributed by atoms with Crippen molar-refractivity contribution in [3.8, 4) is 0 Å². The highest BCUT2D eigenvalue weighted by Gasteiger charge is 2.23. The van der Waals surface area contributed by atoms with Gasteiger partial charge in [0.1, 0.15) is 0 Å². The predicted octanol–water partition coefficient (Wildman–Crippen LogP) is 6.39. The van der Waals surface area contributed by atoms with Gasteiger partial charge in [0.15, 0.2) is 0 Å². The highest BCUT2D eigenvalue weighted by molar-refractivity contribution is 9.11. The van der Waals surface area contributed by atoms with Crippen LogP contribution in [0.5, 0.6) is 0 Å². The maximum absolute atomic E-state index is 3.76. The Morgan fingerprint density at radius 1 is 1.10 bits per heavy atom. The third-order valence-electron chi connectivity index (χ3n) is 3.96. The van der Waals surface area contributed by atoms with Crippen LogP contribution in [0.15, 0.2) is 21.1 Å². The molecule has 0 amide bonds. The van der Waals surface area contributed by atoms with Gasteiger partial charge in [-0.1, -0.05) is 71.9 Å². The number of hydrogen-bond donors (Lipinski definition) is 1. The quantitative estimate of drug-likeness (QED) is 0.529. The number of benzene rings is 1. The molecule has 1 N–H and O–H groups in total. The summed E-state index contributed by atoms with van der Waals surface area (Å²) in [4.78, 5) is 0. The summed E-state index contributed by atoms with van der Waals surface area (Å²) in [6.45, 7) is 9.91. The molecule has 114 valence electrons. The molecule has 1 rings (SSSR count). The smallest absolute Gasteiger partial charge is 0.0360 e. The predicted molar refractivity (Wildman–Crippen MR) is 96.3 cm³/mol. The molecule has 0 aromatic heterocycles. The standard InChI is InChI=1S/C17H27Br2N/c1-5-8-9-13(6-2)17(20-7-3)14-11-15(18)12(4)10-16(14)19/h10-11,13,17,20H,5-9H2,1-4H3. The van der Waals surface area contributed by atoms with Crippen LogP contribution < -0.4 is 5.32 Å². The number of unbranched alkanes of at least 4 members (excludes halogenated alkanes) is 1. The molecule has 1 aromatic carbocycles. The number of hydrogen-bond acceptors (Lipinski definition) is 1. The van der Waals surface area contributed by atoms with Crippen LogP contribution in [0.25, 0.3) is 0 Å². The van der Waals surface area contributed by atoms with Gasteiger partial charge in [0.25, 0.3) is 0 Å². The first-order valence-corrected chi connectivity index (χ1v) is 9.32. The Bertz CT molecular complexity index is 418. The minimum atomic E-state index is 0.433. The molecule has 20 heavy (non-hydrogen) atoms. The van der Waals surface area contributed by atoms with Crippen LogP contribution >= 0.6 is 31.9 Å². The van der Waals surface area contributed by atoms with Gasteiger partial charge in [0.05, 0.1) is 0 Å². The maximum atomic E-state index is 3.76. The summed E-state index contributed by atoms with van der Waals surface area (Å²) < 4.78 is 2.42.